The first kappa shape index (κ1) is 29.1. The van der Waals surface area contributed by atoms with Gasteiger partial charge in [0.15, 0.2) is 18.3 Å². The standard InChI is InChI=1S/C28H31ClO9/c1-15-6-8-20(9-7-15)12-22-13-21(10-11-23(22)29)25-27(36-18(4)32)28(37-19(5)33)26(35-17(3)31)24(38-25)14-34-16(2)30/h6-11,13,24-28H,12,14H2,1-5H3/t24-,25+,26-,27+,28?/m1/s1. The van der Waals surface area contributed by atoms with Crippen molar-refractivity contribution in [2.45, 2.75) is 71.6 Å². The van der Waals surface area contributed by atoms with E-state index in [1.807, 2.05) is 37.3 Å². The first-order valence-electron chi connectivity index (χ1n) is 12.1. The number of carbonyl (C=O) groups excluding carboxylic acids is 4. The number of esters is 4. The molecule has 1 aliphatic heterocycles. The molecule has 9 nitrogen and oxygen atoms in total. The third kappa shape index (κ3) is 7.79. The van der Waals surface area contributed by atoms with Crippen LogP contribution in [0.15, 0.2) is 42.5 Å². The molecule has 0 saturated carbocycles. The van der Waals surface area contributed by atoms with Crippen LogP contribution in [0.5, 0.6) is 0 Å². The van der Waals surface area contributed by atoms with E-state index >= 15 is 0 Å². The number of hydrogen-bond donors (Lipinski definition) is 0. The van der Waals surface area contributed by atoms with E-state index in [9.17, 15) is 19.2 Å². The van der Waals surface area contributed by atoms with E-state index in [0.29, 0.717) is 17.0 Å². The van der Waals surface area contributed by atoms with E-state index < -0.39 is 54.4 Å². The van der Waals surface area contributed by atoms with Crippen molar-refractivity contribution in [3.05, 3.63) is 69.7 Å². The summed E-state index contributed by atoms with van der Waals surface area (Å²) >= 11 is 6.52. The van der Waals surface area contributed by atoms with Gasteiger partial charge in [-0.1, -0.05) is 53.6 Å². The molecule has 10 heteroatoms. The lowest BCUT2D eigenvalue weighted by molar-refractivity contribution is -0.254. The molecule has 1 saturated heterocycles. The molecule has 5 atom stereocenters. The highest BCUT2D eigenvalue weighted by molar-refractivity contribution is 6.31. The zero-order valence-electron chi connectivity index (χ0n) is 21.9. The van der Waals surface area contributed by atoms with Crippen molar-refractivity contribution in [3.8, 4) is 0 Å². The molecule has 1 unspecified atom stereocenters. The van der Waals surface area contributed by atoms with Crippen LogP contribution in [-0.4, -0.2) is 54.9 Å². The molecule has 1 fully saturated rings. The quantitative estimate of drug-likeness (QED) is 0.357. The summed E-state index contributed by atoms with van der Waals surface area (Å²) < 4.78 is 28.0. The average molecular weight is 547 g/mol. The van der Waals surface area contributed by atoms with Gasteiger partial charge in [-0.2, -0.15) is 0 Å². The number of benzene rings is 2. The van der Waals surface area contributed by atoms with Crippen molar-refractivity contribution >= 4 is 35.5 Å². The van der Waals surface area contributed by atoms with Crippen LogP contribution in [0, 0.1) is 6.92 Å². The maximum Gasteiger partial charge on any atom is 0.303 e. The molecule has 0 aliphatic carbocycles. The zero-order valence-corrected chi connectivity index (χ0v) is 22.7. The predicted molar refractivity (Wildman–Crippen MR) is 136 cm³/mol. The van der Waals surface area contributed by atoms with Gasteiger partial charge < -0.3 is 23.7 Å². The van der Waals surface area contributed by atoms with Gasteiger partial charge in [0.1, 0.15) is 18.8 Å². The second-order valence-electron chi connectivity index (χ2n) is 9.13. The Kier molecular flexibility index (Phi) is 9.88. The minimum atomic E-state index is -1.24. The molecule has 204 valence electrons. The van der Waals surface area contributed by atoms with Crippen molar-refractivity contribution < 1.29 is 42.9 Å². The van der Waals surface area contributed by atoms with Crippen molar-refractivity contribution in [2.75, 3.05) is 6.61 Å². The minimum absolute atomic E-state index is 0.294. The smallest absolute Gasteiger partial charge is 0.303 e. The van der Waals surface area contributed by atoms with Gasteiger partial charge >= 0.3 is 23.9 Å². The predicted octanol–water partition coefficient (Wildman–Crippen LogP) is 4.04. The van der Waals surface area contributed by atoms with E-state index in [1.54, 1.807) is 12.1 Å². The molecule has 0 spiro atoms. The van der Waals surface area contributed by atoms with E-state index in [1.165, 1.54) is 27.7 Å². The molecule has 0 bridgehead atoms. The lowest BCUT2D eigenvalue weighted by Gasteiger charge is -2.44. The first-order chi connectivity index (χ1) is 17.9. The number of carbonyl (C=O) groups is 4. The maximum atomic E-state index is 12.1. The Morgan fingerprint density at radius 2 is 1.37 bits per heavy atom. The van der Waals surface area contributed by atoms with Crippen molar-refractivity contribution in [3.63, 3.8) is 0 Å². The van der Waals surface area contributed by atoms with Crippen LogP contribution in [0.25, 0.3) is 0 Å². The lowest BCUT2D eigenvalue weighted by atomic mass is 9.89. The Morgan fingerprint density at radius 3 is 1.95 bits per heavy atom. The molecule has 2 aromatic carbocycles. The Balaban J connectivity index is 2.06. The number of aryl methyl sites for hydroxylation is 1. The van der Waals surface area contributed by atoms with E-state index in [4.69, 9.17) is 35.3 Å². The summed E-state index contributed by atoms with van der Waals surface area (Å²) in [5, 5.41) is 0.528. The van der Waals surface area contributed by atoms with Crippen LogP contribution in [0.3, 0.4) is 0 Å². The minimum Gasteiger partial charge on any atom is -0.463 e. The van der Waals surface area contributed by atoms with Gasteiger partial charge in [-0.05, 0) is 36.1 Å². The molecule has 0 radical (unpaired) electrons. The van der Waals surface area contributed by atoms with Crippen molar-refractivity contribution in [1.29, 1.82) is 0 Å². The van der Waals surface area contributed by atoms with Gasteiger partial charge in [0, 0.05) is 32.7 Å². The van der Waals surface area contributed by atoms with Crippen molar-refractivity contribution in [2.24, 2.45) is 0 Å². The van der Waals surface area contributed by atoms with Gasteiger partial charge in [0.25, 0.3) is 0 Å². The molecule has 2 aromatic rings. The van der Waals surface area contributed by atoms with Gasteiger partial charge in [-0.15, -0.1) is 0 Å². The summed E-state index contributed by atoms with van der Waals surface area (Å²) in [6.07, 6.45) is -5.10. The summed E-state index contributed by atoms with van der Waals surface area (Å²) in [5.41, 5.74) is 3.54. The Hall–Kier alpha value is -3.43. The molecule has 1 aliphatic rings. The highest BCUT2D eigenvalue weighted by atomic mass is 35.5. The monoisotopic (exact) mass is 546 g/mol. The Bertz CT molecular complexity index is 1180. The van der Waals surface area contributed by atoms with Gasteiger partial charge in [0.2, 0.25) is 0 Å². The number of hydrogen-bond acceptors (Lipinski definition) is 9. The third-order valence-corrected chi connectivity index (χ3v) is 6.27. The second kappa shape index (κ2) is 12.9. The third-order valence-electron chi connectivity index (χ3n) is 5.90. The molecular formula is C28H31ClO9. The number of rotatable bonds is 8. The number of halogens is 1. The van der Waals surface area contributed by atoms with E-state index in [2.05, 4.69) is 0 Å². The Morgan fingerprint density at radius 1 is 0.789 bits per heavy atom. The zero-order chi connectivity index (χ0) is 28.0. The highest BCUT2D eigenvalue weighted by Crippen LogP contribution is 2.39. The highest BCUT2D eigenvalue weighted by Gasteiger charge is 2.52. The van der Waals surface area contributed by atoms with Gasteiger partial charge in [-0.25, -0.2) is 0 Å². The largest absolute Gasteiger partial charge is 0.463 e. The normalized spacial score (nSPS) is 22.7. The number of ether oxygens (including phenoxy) is 5. The van der Waals surface area contributed by atoms with Crippen LogP contribution in [-0.2, 0) is 49.3 Å². The van der Waals surface area contributed by atoms with Crippen LogP contribution in [0.2, 0.25) is 5.02 Å². The average Bonchev–Trinajstić information content (AvgIpc) is 2.82. The molecule has 1 heterocycles. The fourth-order valence-corrected chi connectivity index (χ4v) is 4.51. The molecular weight excluding hydrogens is 516 g/mol. The summed E-state index contributed by atoms with van der Waals surface area (Å²) in [6, 6.07) is 13.3. The molecule has 38 heavy (non-hydrogen) atoms. The summed E-state index contributed by atoms with van der Waals surface area (Å²) in [6.45, 7) is 6.50. The molecule has 3 rings (SSSR count). The summed E-state index contributed by atoms with van der Waals surface area (Å²) in [7, 11) is 0. The maximum absolute atomic E-state index is 12.1. The Labute approximate surface area is 226 Å². The topological polar surface area (TPSA) is 114 Å². The molecule has 0 N–H and O–H groups in total. The van der Waals surface area contributed by atoms with Crippen molar-refractivity contribution in [1.82, 2.24) is 0 Å². The van der Waals surface area contributed by atoms with Gasteiger partial charge in [0.05, 0.1) is 0 Å². The van der Waals surface area contributed by atoms with Crippen LogP contribution >= 0.6 is 11.6 Å². The summed E-state index contributed by atoms with van der Waals surface area (Å²) in [5.74, 6) is -2.61. The van der Waals surface area contributed by atoms with Crippen LogP contribution in [0.4, 0.5) is 0 Å². The van der Waals surface area contributed by atoms with Gasteiger partial charge in [-0.3, -0.25) is 19.2 Å². The second-order valence-corrected chi connectivity index (χ2v) is 9.54. The van der Waals surface area contributed by atoms with E-state index in [-0.39, 0.29) is 6.61 Å². The SMILES string of the molecule is CC(=O)OC[C@H]1O[C@@H](c2ccc(Cl)c(Cc3ccc(C)cc3)c2)[C@H](OC(C)=O)C(OC(C)=O)[C@@H]1OC(C)=O. The fraction of sp³-hybridized carbons (Fsp3) is 0.429. The molecule has 0 aromatic heterocycles. The first-order valence-corrected chi connectivity index (χ1v) is 12.5. The van der Waals surface area contributed by atoms with Crippen LogP contribution in [0.1, 0.15) is 56.1 Å². The van der Waals surface area contributed by atoms with E-state index in [0.717, 1.165) is 16.7 Å². The lowest BCUT2D eigenvalue weighted by Crippen LogP contribution is -2.59. The molecule has 0 amide bonds. The van der Waals surface area contributed by atoms with Crippen LogP contribution < -0.4 is 0 Å². The fourth-order valence-electron chi connectivity index (χ4n) is 4.33. The summed E-state index contributed by atoms with van der Waals surface area (Å²) in [4.78, 5) is 47.7.